The van der Waals surface area contributed by atoms with E-state index in [0.29, 0.717) is 13.0 Å². The number of hydrogen-bond donors (Lipinski definition) is 1. The Balaban J connectivity index is 2.28. The third-order valence-corrected chi connectivity index (χ3v) is 3.09. The zero-order valence-electron chi connectivity index (χ0n) is 7.44. The first-order valence-electron chi connectivity index (χ1n) is 4.57. The van der Waals surface area contributed by atoms with Gasteiger partial charge in [-0.1, -0.05) is 15.9 Å². The summed E-state index contributed by atoms with van der Waals surface area (Å²) in [5.74, 6) is 0.991. The Morgan fingerprint density at radius 2 is 2.36 bits per heavy atom. The summed E-state index contributed by atoms with van der Waals surface area (Å²) in [4.78, 5) is 4.48. The number of halogens is 1. The van der Waals surface area contributed by atoms with Crippen LogP contribution in [0.4, 0.5) is 0 Å². The van der Waals surface area contributed by atoms with Crippen molar-refractivity contribution >= 4 is 27.0 Å². The van der Waals surface area contributed by atoms with Crippen LogP contribution < -0.4 is 0 Å². The van der Waals surface area contributed by atoms with E-state index >= 15 is 0 Å². The maximum Gasteiger partial charge on any atom is 0.112 e. The third-order valence-electron chi connectivity index (χ3n) is 2.60. The van der Waals surface area contributed by atoms with Crippen molar-refractivity contribution in [3.63, 3.8) is 0 Å². The number of benzene rings is 1. The summed E-state index contributed by atoms with van der Waals surface area (Å²) in [5.41, 5.74) is 2.11. The van der Waals surface area contributed by atoms with Gasteiger partial charge in [-0.15, -0.1) is 0 Å². The van der Waals surface area contributed by atoms with Crippen LogP contribution in [-0.2, 0) is 13.0 Å². The van der Waals surface area contributed by atoms with Crippen molar-refractivity contribution in [2.75, 3.05) is 0 Å². The van der Waals surface area contributed by atoms with Crippen molar-refractivity contribution in [1.29, 1.82) is 0 Å². The van der Waals surface area contributed by atoms with E-state index in [1.54, 1.807) is 0 Å². The largest absolute Gasteiger partial charge is 0.391 e. The summed E-state index contributed by atoms with van der Waals surface area (Å²) in [6.07, 6.45) is 0.414. The van der Waals surface area contributed by atoms with Crippen LogP contribution in [0.2, 0.25) is 0 Å². The Morgan fingerprint density at radius 1 is 1.50 bits per heavy atom. The molecule has 1 N–H and O–H groups in total. The van der Waals surface area contributed by atoms with Crippen LogP contribution >= 0.6 is 15.9 Å². The van der Waals surface area contributed by atoms with Gasteiger partial charge in [0.1, 0.15) is 5.82 Å². The monoisotopic (exact) mass is 252 g/mol. The van der Waals surface area contributed by atoms with E-state index in [1.807, 2.05) is 18.2 Å². The fourth-order valence-corrected chi connectivity index (χ4v) is 2.35. The minimum atomic E-state index is -0.259. The van der Waals surface area contributed by atoms with Crippen molar-refractivity contribution in [1.82, 2.24) is 9.55 Å². The number of aromatic nitrogens is 2. The van der Waals surface area contributed by atoms with Gasteiger partial charge in [-0.05, 0) is 18.2 Å². The Kier molecular flexibility index (Phi) is 1.69. The first-order valence-corrected chi connectivity index (χ1v) is 5.36. The molecule has 2 heterocycles. The fourth-order valence-electron chi connectivity index (χ4n) is 2.00. The van der Waals surface area contributed by atoms with Gasteiger partial charge in [0.2, 0.25) is 0 Å². The summed E-state index contributed by atoms with van der Waals surface area (Å²) in [5, 5.41) is 9.48. The molecule has 1 aromatic heterocycles. The summed E-state index contributed by atoms with van der Waals surface area (Å²) < 4.78 is 3.13. The number of imidazole rings is 1. The zero-order chi connectivity index (χ0) is 9.71. The molecule has 4 heteroatoms. The highest BCUT2D eigenvalue weighted by Gasteiger charge is 2.22. The predicted molar refractivity (Wildman–Crippen MR) is 57.1 cm³/mol. The van der Waals surface area contributed by atoms with Gasteiger partial charge in [0.25, 0.3) is 0 Å². The summed E-state index contributed by atoms with van der Waals surface area (Å²) in [6.45, 7) is 0.674. The second-order valence-corrected chi connectivity index (χ2v) is 4.55. The van der Waals surface area contributed by atoms with E-state index in [0.717, 1.165) is 21.3 Å². The molecule has 0 amide bonds. The first-order chi connectivity index (χ1) is 6.74. The minimum absolute atomic E-state index is 0.259. The Hall–Kier alpha value is -0.870. The highest BCUT2D eigenvalue weighted by atomic mass is 79.9. The number of rotatable bonds is 0. The number of aliphatic hydroxyl groups excluding tert-OH is 1. The molecular weight excluding hydrogens is 244 g/mol. The molecule has 0 fully saturated rings. The van der Waals surface area contributed by atoms with Crippen molar-refractivity contribution in [2.45, 2.75) is 19.1 Å². The number of fused-ring (bicyclic) bond motifs is 3. The molecule has 2 aromatic rings. The lowest BCUT2D eigenvalue weighted by atomic mass is 10.3. The molecule has 0 saturated carbocycles. The Morgan fingerprint density at radius 3 is 3.21 bits per heavy atom. The second kappa shape index (κ2) is 2.81. The maximum atomic E-state index is 9.48. The lowest BCUT2D eigenvalue weighted by Gasteiger charge is -2.00. The molecule has 0 aliphatic carbocycles. The summed E-state index contributed by atoms with van der Waals surface area (Å²) in [6, 6.07) is 6.04. The highest BCUT2D eigenvalue weighted by Crippen LogP contribution is 2.25. The number of hydrogen-bond acceptors (Lipinski definition) is 2. The zero-order valence-corrected chi connectivity index (χ0v) is 9.03. The molecule has 1 unspecified atom stereocenters. The van der Waals surface area contributed by atoms with Gasteiger partial charge in [0.05, 0.1) is 23.7 Å². The van der Waals surface area contributed by atoms with Crippen LogP contribution in [0, 0.1) is 0 Å². The van der Waals surface area contributed by atoms with Gasteiger partial charge in [-0.2, -0.15) is 0 Å². The van der Waals surface area contributed by atoms with Crippen LogP contribution in [0.15, 0.2) is 22.7 Å². The molecule has 1 aliphatic rings. The topological polar surface area (TPSA) is 38.1 Å². The van der Waals surface area contributed by atoms with Crippen LogP contribution in [0.5, 0.6) is 0 Å². The van der Waals surface area contributed by atoms with Crippen LogP contribution in [0.25, 0.3) is 11.0 Å². The Bertz CT molecular complexity index is 506. The molecule has 0 saturated heterocycles. The molecule has 1 aromatic carbocycles. The van der Waals surface area contributed by atoms with Crippen molar-refractivity contribution < 1.29 is 5.11 Å². The molecule has 72 valence electrons. The summed E-state index contributed by atoms with van der Waals surface area (Å²) in [7, 11) is 0. The fraction of sp³-hybridized carbons (Fsp3) is 0.300. The van der Waals surface area contributed by atoms with Gasteiger partial charge >= 0.3 is 0 Å². The average Bonchev–Trinajstić information content (AvgIpc) is 2.59. The molecule has 0 bridgehead atoms. The third kappa shape index (κ3) is 1.11. The second-order valence-electron chi connectivity index (χ2n) is 3.63. The van der Waals surface area contributed by atoms with E-state index in [9.17, 15) is 5.11 Å². The van der Waals surface area contributed by atoms with Gasteiger partial charge in [0, 0.05) is 10.9 Å². The lowest BCUT2D eigenvalue weighted by molar-refractivity contribution is 0.176. The molecule has 14 heavy (non-hydrogen) atoms. The molecule has 3 nitrogen and oxygen atoms in total. The number of nitrogens with zero attached hydrogens (tertiary/aromatic N) is 2. The average molecular weight is 253 g/mol. The van der Waals surface area contributed by atoms with E-state index in [2.05, 4.69) is 25.5 Å². The van der Waals surface area contributed by atoms with Gasteiger partial charge in [-0.3, -0.25) is 0 Å². The SMILES string of the molecule is OC1Cc2nc3cc(Br)ccc3n2C1. The van der Waals surface area contributed by atoms with E-state index in [4.69, 9.17) is 0 Å². The van der Waals surface area contributed by atoms with Crippen LogP contribution in [-0.4, -0.2) is 20.8 Å². The maximum absolute atomic E-state index is 9.48. The normalized spacial score (nSPS) is 20.3. The molecule has 1 aliphatic heterocycles. The molecule has 0 spiro atoms. The first kappa shape index (κ1) is 8.44. The van der Waals surface area contributed by atoms with Crippen molar-refractivity contribution in [3.05, 3.63) is 28.5 Å². The van der Waals surface area contributed by atoms with Gasteiger partial charge in [-0.25, -0.2) is 4.98 Å². The minimum Gasteiger partial charge on any atom is -0.391 e. The molecule has 0 radical (unpaired) electrons. The van der Waals surface area contributed by atoms with E-state index in [1.165, 1.54) is 0 Å². The number of aliphatic hydroxyl groups is 1. The quantitative estimate of drug-likeness (QED) is 0.776. The highest BCUT2D eigenvalue weighted by molar-refractivity contribution is 9.10. The summed E-state index contributed by atoms with van der Waals surface area (Å²) >= 11 is 3.42. The van der Waals surface area contributed by atoms with Crippen molar-refractivity contribution in [2.24, 2.45) is 0 Å². The van der Waals surface area contributed by atoms with Gasteiger partial charge in [0.15, 0.2) is 0 Å². The van der Waals surface area contributed by atoms with Crippen LogP contribution in [0.3, 0.4) is 0 Å². The molecule has 1 atom stereocenters. The predicted octanol–water partition coefficient (Wildman–Crippen LogP) is 1.72. The van der Waals surface area contributed by atoms with E-state index in [-0.39, 0.29) is 6.10 Å². The van der Waals surface area contributed by atoms with Crippen LogP contribution in [0.1, 0.15) is 5.82 Å². The molecule has 3 rings (SSSR count). The lowest BCUT2D eigenvalue weighted by Crippen LogP contribution is -2.07. The standard InChI is InChI=1S/C10H9BrN2O/c11-6-1-2-9-8(3-6)12-10-4-7(14)5-13(9)10/h1-3,7,14H,4-5H2. The Labute approximate surface area is 89.5 Å². The van der Waals surface area contributed by atoms with E-state index < -0.39 is 0 Å². The van der Waals surface area contributed by atoms with Gasteiger partial charge < -0.3 is 9.67 Å². The smallest absolute Gasteiger partial charge is 0.112 e. The molecular formula is C10H9BrN2O. The van der Waals surface area contributed by atoms with Crippen molar-refractivity contribution in [3.8, 4) is 0 Å².